The van der Waals surface area contributed by atoms with Gasteiger partial charge >= 0.3 is 0 Å². The van der Waals surface area contributed by atoms with Gasteiger partial charge in [0.2, 0.25) is 5.91 Å². The molecular weight excluding hydrogens is 240 g/mol. The van der Waals surface area contributed by atoms with Crippen LogP contribution in [0.15, 0.2) is 0 Å². The third-order valence-electron chi connectivity index (χ3n) is 4.78. The van der Waals surface area contributed by atoms with Gasteiger partial charge in [-0.1, -0.05) is 26.7 Å². The highest BCUT2D eigenvalue weighted by molar-refractivity contribution is 5.81. The third kappa shape index (κ3) is 3.29. The summed E-state index contributed by atoms with van der Waals surface area (Å²) in [5.41, 5.74) is 5.48. The van der Waals surface area contributed by atoms with Gasteiger partial charge in [-0.25, -0.2) is 0 Å². The number of hydrogen-bond donors (Lipinski definition) is 2. The molecule has 110 valence electrons. The zero-order valence-electron chi connectivity index (χ0n) is 12.3. The van der Waals surface area contributed by atoms with Crippen LogP contribution in [-0.2, 0) is 4.79 Å². The number of carbonyl (C=O) groups is 1. The number of rotatable bonds is 3. The average molecular weight is 268 g/mol. The van der Waals surface area contributed by atoms with Gasteiger partial charge in [0.1, 0.15) is 0 Å². The van der Waals surface area contributed by atoms with E-state index in [1.165, 1.54) is 6.42 Å². The van der Waals surface area contributed by atoms with Gasteiger partial charge in [-0.15, -0.1) is 0 Å². The minimum absolute atomic E-state index is 0.0707. The van der Waals surface area contributed by atoms with Crippen LogP contribution in [0.1, 0.15) is 52.4 Å². The molecule has 4 heteroatoms. The van der Waals surface area contributed by atoms with E-state index in [9.17, 15) is 9.90 Å². The predicted octanol–water partition coefficient (Wildman–Crippen LogP) is 1.51. The highest BCUT2D eigenvalue weighted by Crippen LogP contribution is 2.39. The van der Waals surface area contributed by atoms with Gasteiger partial charge in [0.15, 0.2) is 0 Å². The molecule has 0 spiro atoms. The summed E-state index contributed by atoms with van der Waals surface area (Å²) in [6.45, 7) is 5.53. The molecule has 0 aromatic heterocycles. The van der Waals surface area contributed by atoms with Crippen LogP contribution in [0.5, 0.6) is 0 Å². The molecule has 3 atom stereocenters. The lowest BCUT2D eigenvalue weighted by Crippen LogP contribution is -2.57. The molecule has 2 fully saturated rings. The Hall–Kier alpha value is -0.610. The Morgan fingerprint density at radius 1 is 1.42 bits per heavy atom. The number of likely N-dealkylation sites (tertiary alicyclic amines) is 1. The molecule has 1 saturated carbocycles. The van der Waals surface area contributed by atoms with E-state index in [-0.39, 0.29) is 17.9 Å². The summed E-state index contributed by atoms with van der Waals surface area (Å²) in [4.78, 5) is 14.2. The maximum absolute atomic E-state index is 12.3. The van der Waals surface area contributed by atoms with E-state index in [1.807, 2.05) is 4.90 Å². The lowest BCUT2D eigenvalue weighted by atomic mass is 9.71. The van der Waals surface area contributed by atoms with Crippen molar-refractivity contribution in [1.29, 1.82) is 0 Å². The summed E-state index contributed by atoms with van der Waals surface area (Å²) >= 11 is 0. The smallest absolute Gasteiger partial charge is 0.239 e. The number of nitrogens with zero attached hydrogens (tertiary/aromatic N) is 1. The molecule has 19 heavy (non-hydrogen) atoms. The van der Waals surface area contributed by atoms with Gasteiger partial charge in [0.25, 0.3) is 0 Å². The normalized spacial score (nSPS) is 33.1. The Bertz CT molecular complexity index is 332. The van der Waals surface area contributed by atoms with E-state index in [1.54, 1.807) is 0 Å². The van der Waals surface area contributed by atoms with Crippen molar-refractivity contribution in [2.75, 3.05) is 13.1 Å². The molecule has 2 unspecified atom stereocenters. The van der Waals surface area contributed by atoms with Gasteiger partial charge in [0, 0.05) is 19.0 Å². The number of nitrogens with two attached hydrogens (primary N) is 1. The summed E-state index contributed by atoms with van der Waals surface area (Å²) in [5, 5.41) is 10.6. The largest absolute Gasteiger partial charge is 0.389 e. The fourth-order valence-electron chi connectivity index (χ4n) is 3.61. The highest BCUT2D eigenvalue weighted by atomic mass is 16.3. The molecule has 1 aliphatic carbocycles. The lowest BCUT2D eigenvalue weighted by Gasteiger charge is -2.47. The Balaban J connectivity index is 1.94. The Labute approximate surface area is 116 Å². The molecule has 0 aromatic rings. The van der Waals surface area contributed by atoms with Crippen molar-refractivity contribution in [3.05, 3.63) is 0 Å². The third-order valence-corrected chi connectivity index (χ3v) is 4.78. The first-order chi connectivity index (χ1) is 8.92. The lowest BCUT2D eigenvalue weighted by molar-refractivity contribution is -0.145. The number of piperidine rings is 1. The van der Waals surface area contributed by atoms with E-state index in [4.69, 9.17) is 5.73 Å². The highest BCUT2D eigenvalue weighted by Gasteiger charge is 2.44. The number of amides is 1. The first kappa shape index (κ1) is 14.8. The summed E-state index contributed by atoms with van der Waals surface area (Å²) in [5.74, 6) is 0.766. The van der Waals surface area contributed by atoms with Crippen molar-refractivity contribution >= 4 is 5.91 Å². The fraction of sp³-hybridized carbons (Fsp3) is 0.933. The van der Waals surface area contributed by atoms with Crippen LogP contribution in [0.3, 0.4) is 0 Å². The van der Waals surface area contributed by atoms with E-state index in [0.717, 1.165) is 32.1 Å². The summed E-state index contributed by atoms with van der Waals surface area (Å²) in [6.07, 6.45) is 5.69. The molecule has 1 amide bonds. The van der Waals surface area contributed by atoms with Crippen LogP contribution >= 0.6 is 0 Å². The van der Waals surface area contributed by atoms with Gasteiger partial charge < -0.3 is 15.7 Å². The minimum Gasteiger partial charge on any atom is -0.389 e. The number of aliphatic hydroxyl groups is 1. The summed E-state index contributed by atoms with van der Waals surface area (Å²) in [6, 6.07) is -0.380. The number of hydrogen-bond acceptors (Lipinski definition) is 3. The molecule has 1 aliphatic heterocycles. The van der Waals surface area contributed by atoms with E-state index in [2.05, 4.69) is 13.8 Å². The standard InChI is InChI=1S/C15H28N2O2/c1-11(2)9-13(16)14(18)17-8-7-15(19)6-4-3-5-12(15)10-17/h11-13,19H,3-10,16H2,1-2H3/t12?,13-,15?/m1/s1. The Kier molecular flexibility index (Phi) is 4.51. The maximum Gasteiger partial charge on any atom is 0.239 e. The van der Waals surface area contributed by atoms with Crippen LogP contribution in [-0.4, -0.2) is 40.6 Å². The van der Waals surface area contributed by atoms with Crippen LogP contribution in [0, 0.1) is 11.8 Å². The summed E-state index contributed by atoms with van der Waals surface area (Å²) in [7, 11) is 0. The molecule has 2 rings (SSSR count). The van der Waals surface area contributed by atoms with E-state index < -0.39 is 5.60 Å². The summed E-state index contributed by atoms with van der Waals surface area (Å²) < 4.78 is 0. The molecule has 1 saturated heterocycles. The Morgan fingerprint density at radius 3 is 2.84 bits per heavy atom. The van der Waals surface area contributed by atoms with Crippen molar-refractivity contribution in [1.82, 2.24) is 4.90 Å². The Morgan fingerprint density at radius 2 is 2.16 bits per heavy atom. The molecule has 1 heterocycles. The second-order valence-electron chi connectivity index (χ2n) is 6.82. The molecule has 0 aromatic carbocycles. The SMILES string of the molecule is CC(C)C[C@@H](N)C(=O)N1CCC2(O)CCCCC2C1. The molecule has 3 N–H and O–H groups in total. The second-order valence-corrected chi connectivity index (χ2v) is 6.82. The zero-order chi connectivity index (χ0) is 14.0. The first-order valence-electron chi connectivity index (χ1n) is 7.69. The molecule has 0 bridgehead atoms. The fourth-order valence-corrected chi connectivity index (χ4v) is 3.61. The van der Waals surface area contributed by atoms with Crippen LogP contribution in [0.25, 0.3) is 0 Å². The number of fused-ring (bicyclic) bond motifs is 1. The van der Waals surface area contributed by atoms with E-state index >= 15 is 0 Å². The molecule has 2 aliphatic rings. The molecular formula is C15H28N2O2. The van der Waals surface area contributed by atoms with Gasteiger partial charge in [-0.2, -0.15) is 0 Å². The van der Waals surface area contributed by atoms with Gasteiger partial charge in [-0.3, -0.25) is 4.79 Å². The van der Waals surface area contributed by atoms with Crippen molar-refractivity contribution in [2.24, 2.45) is 17.6 Å². The quantitative estimate of drug-likeness (QED) is 0.815. The van der Waals surface area contributed by atoms with Crippen molar-refractivity contribution in [2.45, 2.75) is 64.0 Å². The van der Waals surface area contributed by atoms with E-state index in [0.29, 0.717) is 19.0 Å². The first-order valence-corrected chi connectivity index (χ1v) is 7.69. The average Bonchev–Trinajstić information content (AvgIpc) is 2.36. The van der Waals surface area contributed by atoms with Crippen molar-refractivity contribution < 1.29 is 9.90 Å². The predicted molar refractivity (Wildman–Crippen MR) is 75.5 cm³/mol. The van der Waals surface area contributed by atoms with Crippen LogP contribution in [0.4, 0.5) is 0 Å². The van der Waals surface area contributed by atoms with Crippen molar-refractivity contribution in [3.63, 3.8) is 0 Å². The number of carbonyl (C=O) groups excluding carboxylic acids is 1. The van der Waals surface area contributed by atoms with Gasteiger partial charge in [-0.05, 0) is 31.6 Å². The monoisotopic (exact) mass is 268 g/mol. The van der Waals surface area contributed by atoms with Gasteiger partial charge in [0.05, 0.1) is 11.6 Å². The minimum atomic E-state index is -0.517. The van der Waals surface area contributed by atoms with Crippen molar-refractivity contribution in [3.8, 4) is 0 Å². The van der Waals surface area contributed by atoms with Crippen LogP contribution in [0.2, 0.25) is 0 Å². The zero-order valence-corrected chi connectivity index (χ0v) is 12.3. The molecule has 0 radical (unpaired) electrons. The molecule has 4 nitrogen and oxygen atoms in total. The van der Waals surface area contributed by atoms with Crippen LogP contribution < -0.4 is 5.73 Å². The maximum atomic E-state index is 12.3. The second kappa shape index (κ2) is 5.80. The topological polar surface area (TPSA) is 66.6 Å².